The van der Waals surface area contributed by atoms with E-state index in [4.69, 9.17) is 5.73 Å². The van der Waals surface area contributed by atoms with Crippen molar-refractivity contribution < 1.29 is 4.79 Å². The molecular weight excluding hydrogens is 396 g/mol. The first-order chi connectivity index (χ1) is 9.86. The van der Waals surface area contributed by atoms with Gasteiger partial charge in [-0.3, -0.25) is 4.79 Å². The van der Waals surface area contributed by atoms with Crippen molar-refractivity contribution in [3.8, 4) is 0 Å². The molecule has 0 unspecified atom stereocenters. The van der Waals surface area contributed by atoms with Gasteiger partial charge in [0.1, 0.15) is 0 Å². The van der Waals surface area contributed by atoms with E-state index in [0.29, 0.717) is 17.8 Å². The summed E-state index contributed by atoms with van der Waals surface area (Å²) in [5, 5.41) is 2.87. The number of aryl methyl sites for hydroxylation is 2. The lowest BCUT2D eigenvalue weighted by Gasteiger charge is -2.12. The Balaban J connectivity index is 2.17. The van der Waals surface area contributed by atoms with Crippen LogP contribution in [0.5, 0.6) is 0 Å². The maximum absolute atomic E-state index is 12.2. The molecule has 0 aliphatic rings. The molecule has 3 nitrogen and oxygen atoms in total. The second-order valence-electron chi connectivity index (χ2n) is 5.01. The number of rotatable bonds is 3. The highest BCUT2D eigenvalue weighted by atomic mass is 79.9. The van der Waals surface area contributed by atoms with E-state index in [2.05, 4.69) is 37.2 Å². The number of hydrogen-bond donors (Lipinski definition) is 2. The van der Waals surface area contributed by atoms with Crippen molar-refractivity contribution in [2.45, 2.75) is 20.3 Å². The van der Waals surface area contributed by atoms with Gasteiger partial charge in [0.15, 0.2) is 0 Å². The molecule has 0 heterocycles. The van der Waals surface area contributed by atoms with E-state index in [1.54, 1.807) is 6.07 Å². The lowest BCUT2D eigenvalue weighted by Crippen LogP contribution is -2.16. The Morgan fingerprint density at radius 1 is 1.19 bits per heavy atom. The predicted octanol–water partition coefficient (Wildman–Crippen LogP) is 4.59. The number of carbonyl (C=O) groups is 1. The van der Waals surface area contributed by atoms with Crippen molar-refractivity contribution in [2.75, 3.05) is 11.1 Å². The van der Waals surface area contributed by atoms with Crippen LogP contribution in [0.3, 0.4) is 0 Å². The van der Waals surface area contributed by atoms with Gasteiger partial charge >= 0.3 is 0 Å². The van der Waals surface area contributed by atoms with Crippen LogP contribution in [-0.4, -0.2) is 5.91 Å². The highest BCUT2D eigenvalue weighted by Crippen LogP contribution is 2.32. The second-order valence-corrected chi connectivity index (χ2v) is 6.78. The third kappa shape index (κ3) is 4.08. The van der Waals surface area contributed by atoms with Crippen molar-refractivity contribution in [1.82, 2.24) is 0 Å². The van der Waals surface area contributed by atoms with E-state index >= 15 is 0 Å². The molecule has 0 radical (unpaired) electrons. The molecule has 0 aliphatic heterocycles. The number of benzene rings is 2. The molecule has 21 heavy (non-hydrogen) atoms. The molecular formula is C16H16Br2N2O. The van der Waals surface area contributed by atoms with Gasteiger partial charge in [0, 0.05) is 8.95 Å². The van der Waals surface area contributed by atoms with Crippen LogP contribution in [0.25, 0.3) is 0 Å². The Labute approximate surface area is 141 Å². The number of nitrogens with two attached hydrogens (primary N) is 1. The van der Waals surface area contributed by atoms with E-state index in [1.807, 2.05) is 38.1 Å². The molecule has 2 rings (SSSR count). The summed E-state index contributed by atoms with van der Waals surface area (Å²) in [7, 11) is 0. The molecule has 1 amide bonds. The number of halogens is 2. The quantitative estimate of drug-likeness (QED) is 0.725. The van der Waals surface area contributed by atoms with Gasteiger partial charge in [0.2, 0.25) is 5.91 Å². The SMILES string of the molecule is Cc1ccc(C)c(CC(=O)Nc2c(N)cc(Br)cc2Br)c1. The largest absolute Gasteiger partial charge is 0.397 e. The van der Waals surface area contributed by atoms with Gasteiger partial charge in [-0.05, 0) is 53.0 Å². The summed E-state index contributed by atoms with van der Waals surface area (Å²) < 4.78 is 1.61. The first-order valence-corrected chi connectivity index (χ1v) is 8.06. The number of hydrogen-bond acceptors (Lipinski definition) is 2. The van der Waals surface area contributed by atoms with Gasteiger partial charge in [0.05, 0.1) is 17.8 Å². The lowest BCUT2D eigenvalue weighted by atomic mass is 10.0. The molecule has 0 bridgehead atoms. The van der Waals surface area contributed by atoms with Gasteiger partial charge in [0.25, 0.3) is 0 Å². The Bertz CT molecular complexity index is 676. The summed E-state index contributed by atoms with van der Waals surface area (Å²) in [6.45, 7) is 4.02. The molecule has 0 saturated heterocycles. The normalized spacial score (nSPS) is 10.5. The predicted molar refractivity (Wildman–Crippen MR) is 94.5 cm³/mol. The molecule has 2 aromatic rings. The fourth-order valence-electron chi connectivity index (χ4n) is 2.07. The molecule has 0 saturated carbocycles. The minimum Gasteiger partial charge on any atom is -0.397 e. The highest BCUT2D eigenvalue weighted by molar-refractivity contribution is 9.11. The molecule has 0 fully saturated rings. The molecule has 0 atom stereocenters. The third-order valence-electron chi connectivity index (χ3n) is 3.21. The van der Waals surface area contributed by atoms with Gasteiger partial charge < -0.3 is 11.1 Å². The maximum Gasteiger partial charge on any atom is 0.228 e. The number of nitrogen functional groups attached to an aromatic ring is 1. The van der Waals surface area contributed by atoms with Crippen molar-refractivity contribution in [3.05, 3.63) is 56.0 Å². The summed E-state index contributed by atoms with van der Waals surface area (Å²) in [4.78, 5) is 12.2. The van der Waals surface area contributed by atoms with Crippen molar-refractivity contribution >= 4 is 49.1 Å². The summed E-state index contributed by atoms with van der Waals surface area (Å²) in [6.07, 6.45) is 0.329. The fraction of sp³-hybridized carbons (Fsp3) is 0.188. The Hall–Kier alpha value is -1.33. The Morgan fingerprint density at radius 3 is 2.57 bits per heavy atom. The molecule has 5 heteroatoms. The summed E-state index contributed by atoms with van der Waals surface area (Å²) in [5.41, 5.74) is 10.4. The van der Waals surface area contributed by atoms with Crippen molar-refractivity contribution in [1.29, 1.82) is 0 Å². The average Bonchev–Trinajstić information content (AvgIpc) is 2.38. The first-order valence-electron chi connectivity index (χ1n) is 6.47. The van der Waals surface area contributed by atoms with Crippen LogP contribution in [0.15, 0.2) is 39.3 Å². The minimum atomic E-state index is -0.0848. The summed E-state index contributed by atoms with van der Waals surface area (Å²) >= 11 is 6.78. The number of carbonyl (C=O) groups excluding carboxylic acids is 1. The highest BCUT2D eigenvalue weighted by Gasteiger charge is 2.12. The van der Waals surface area contributed by atoms with E-state index in [0.717, 1.165) is 25.6 Å². The smallest absolute Gasteiger partial charge is 0.228 e. The van der Waals surface area contributed by atoms with Crippen LogP contribution in [0, 0.1) is 13.8 Å². The third-order valence-corrected chi connectivity index (χ3v) is 4.29. The van der Waals surface area contributed by atoms with Crippen LogP contribution >= 0.6 is 31.9 Å². The molecule has 2 aromatic carbocycles. The standard InChI is InChI=1S/C16H16Br2N2O/c1-9-3-4-10(2)11(5-9)6-15(21)20-16-13(18)7-12(17)8-14(16)19/h3-5,7-8H,6,19H2,1-2H3,(H,20,21). The summed E-state index contributed by atoms with van der Waals surface area (Å²) in [5.74, 6) is -0.0848. The molecule has 0 aromatic heterocycles. The zero-order chi connectivity index (χ0) is 15.6. The van der Waals surface area contributed by atoms with Crippen LogP contribution < -0.4 is 11.1 Å². The number of anilines is 2. The lowest BCUT2D eigenvalue weighted by molar-refractivity contribution is -0.115. The maximum atomic E-state index is 12.2. The van der Waals surface area contributed by atoms with Gasteiger partial charge in [-0.2, -0.15) is 0 Å². The van der Waals surface area contributed by atoms with Crippen LogP contribution in [0.1, 0.15) is 16.7 Å². The zero-order valence-electron chi connectivity index (χ0n) is 11.8. The van der Waals surface area contributed by atoms with Gasteiger partial charge in [-0.1, -0.05) is 39.7 Å². The second kappa shape index (κ2) is 6.62. The topological polar surface area (TPSA) is 55.1 Å². The average molecular weight is 412 g/mol. The van der Waals surface area contributed by atoms with Crippen molar-refractivity contribution in [2.24, 2.45) is 0 Å². The number of amides is 1. The van der Waals surface area contributed by atoms with Crippen molar-refractivity contribution in [3.63, 3.8) is 0 Å². The van der Waals surface area contributed by atoms with Gasteiger partial charge in [-0.15, -0.1) is 0 Å². The van der Waals surface area contributed by atoms with E-state index in [9.17, 15) is 4.79 Å². The van der Waals surface area contributed by atoms with E-state index < -0.39 is 0 Å². The zero-order valence-corrected chi connectivity index (χ0v) is 15.0. The fourth-order valence-corrected chi connectivity index (χ4v) is 3.43. The Kier molecular flexibility index (Phi) is 5.06. The van der Waals surface area contributed by atoms with Crippen LogP contribution in [0.2, 0.25) is 0 Å². The first kappa shape index (κ1) is 16.0. The molecule has 3 N–H and O–H groups in total. The van der Waals surface area contributed by atoms with E-state index in [1.165, 1.54) is 0 Å². The molecule has 110 valence electrons. The van der Waals surface area contributed by atoms with Crippen LogP contribution in [0.4, 0.5) is 11.4 Å². The number of nitrogens with one attached hydrogen (secondary N) is 1. The van der Waals surface area contributed by atoms with Gasteiger partial charge in [-0.25, -0.2) is 0 Å². The Morgan fingerprint density at radius 2 is 1.90 bits per heavy atom. The molecule has 0 spiro atoms. The minimum absolute atomic E-state index is 0.0848. The van der Waals surface area contributed by atoms with Crippen LogP contribution in [-0.2, 0) is 11.2 Å². The van der Waals surface area contributed by atoms with E-state index in [-0.39, 0.29) is 5.91 Å². The molecule has 0 aliphatic carbocycles. The monoisotopic (exact) mass is 410 g/mol. The summed E-state index contributed by atoms with van der Waals surface area (Å²) in [6, 6.07) is 9.72.